The Labute approximate surface area is 114 Å². The zero-order valence-corrected chi connectivity index (χ0v) is 11.7. The summed E-state index contributed by atoms with van der Waals surface area (Å²) in [6.07, 6.45) is 2.52. The molecule has 0 radical (unpaired) electrons. The molecular weight excluding hydrogens is 240 g/mol. The number of hydrogen-bond acceptors (Lipinski definition) is 3. The van der Waals surface area contributed by atoms with Gasteiger partial charge in [-0.1, -0.05) is 11.6 Å². The van der Waals surface area contributed by atoms with Crippen LogP contribution in [0.4, 0.5) is 0 Å². The summed E-state index contributed by atoms with van der Waals surface area (Å²) in [5.74, 6) is -0.0518. The van der Waals surface area contributed by atoms with E-state index in [0.717, 1.165) is 25.2 Å². The summed E-state index contributed by atoms with van der Waals surface area (Å²) in [6, 6.07) is 5.12. The molecule has 0 unspecified atom stereocenters. The van der Waals surface area contributed by atoms with Gasteiger partial charge in [0.15, 0.2) is 0 Å². The zero-order chi connectivity index (χ0) is 13.8. The van der Waals surface area contributed by atoms with Crippen LogP contribution in [0.25, 0.3) is 0 Å². The number of likely N-dealkylation sites (N-methyl/N-ethyl adjacent to an activating group) is 1. The highest BCUT2D eigenvalue weighted by atomic mass is 16.3. The van der Waals surface area contributed by atoms with Crippen LogP contribution in [-0.4, -0.2) is 54.0 Å². The van der Waals surface area contributed by atoms with E-state index in [4.69, 9.17) is 0 Å². The number of benzene rings is 1. The Hall–Kier alpha value is -1.55. The van der Waals surface area contributed by atoms with Crippen LogP contribution in [0.1, 0.15) is 28.8 Å². The Morgan fingerprint density at radius 1 is 1.37 bits per heavy atom. The second kappa shape index (κ2) is 6.06. The molecule has 0 saturated carbocycles. The van der Waals surface area contributed by atoms with Gasteiger partial charge >= 0.3 is 0 Å². The topological polar surface area (TPSA) is 43.8 Å². The van der Waals surface area contributed by atoms with Crippen LogP contribution in [0.2, 0.25) is 0 Å². The highest BCUT2D eigenvalue weighted by Crippen LogP contribution is 2.19. The van der Waals surface area contributed by atoms with Crippen molar-refractivity contribution in [2.24, 2.45) is 0 Å². The highest BCUT2D eigenvalue weighted by molar-refractivity contribution is 5.96. The third kappa shape index (κ3) is 3.47. The predicted molar refractivity (Wildman–Crippen MR) is 75.5 cm³/mol. The van der Waals surface area contributed by atoms with Crippen molar-refractivity contribution >= 4 is 5.91 Å². The van der Waals surface area contributed by atoms with Gasteiger partial charge < -0.3 is 14.9 Å². The van der Waals surface area contributed by atoms with Crippen molar-refractivity contribution in [3.63, 3.8) is 0 Å². The van der Waals surface area contributed by atoms with E-state index in [1.54, 1.807) is 30.1 Å². The van der Waals surface area contributed by atoms with Crippen LogP contribution in [0.15, 0.2) is 18.2 Å². The molecule has 1 aliphatic rings. The Morgan fingerprint density at radius 2 is 2.05 bits per heavy atom. The maximum atomic E-state index is 12.3. The smallest absolute Gasteiger partial charge is 0.257 e. The van der Waals surface area contributed by atoms with E-state index >= 15 is 0 Å². The second-order valence-electron chi connectivity index (χ2n) is 5.30. The fraction of sp³-hybridized carbons (Fsp3) is 0.533. The summed E-state index contributed by atoms with van der Waals surface area (Å²) in [5.41, 5.74) is 1.37. The van der Waals surface area contributed by atoms with Gasteiger partial charge in [-0.15, -0.1) is 0 Å². The first kappa shape index (κ1) is 13.9. The number of hydrogen-bond donors (Lipinski definition) is 1. The van der Waals surface area contributed by atoms with Gasteiger partial charge in [0.1, 0.15) is 5.75 Å². The van der Waals surface area contributed by atoms with E-state index in [1.165, 1.54) is 12.8 Å². The number of likely N-dealkylation sites (tertiary alicyclic amines) is 1. The lowest BCUT2D eigenvalue weighted by Crippen LogP contribution is -2.35. The van der Waals surface area contributed by atoms with Crippen molar-refractivity contribution in [1.82, 2.24) is 9.80 Å². The van der Waals surface area contributed by atoms with Crippen molar-refractivity contribution < 1.29 is 9.90 Å². The fourth-order valence-corrected chi connectivity index (χ4v) is 2.43. The van der Waals surface area contributed by atoms with Crippen LogP contribution in [0, 0.1) is 6.92 Å². The SMILES string of the molecule is Cc1ccc(O)c(C(=O)N(C)CCN2CCCC2)c1. The van der Waals surface area contributed by atoms with E-state index in [2.05, 4.69) is 4.90 Å². The summed E-state index contributed by atoms with van der Waals surface area (Å²) in [4.78, 5) is 16.3. The minimum atomic E-state index is -0.111. The van der Waals surface area contributed by atoms with Gasteiger partial charge in [0.25, 0.3) is 5.91 Å². The second-order valence-corrected chi connectivity index (χ2v) is 5.30. The average Bonchev–Trinajstić information content (AvgIpc) is 2.91. The van der Waals surface area contributed by atoms with Crippen molar-refractivity contribution in [3.05, 3.63) is 29.3 Å². The highest BCUT2D eigenvalue weighted by Gasteiger charge is 2.17. The molecule has 2 rings (SSSR count). The minimum absolute atomic E-state index is 0.0589. The van der Waals surface area contributed by atoms with Crippen LogP contribution in [0.5, 0.6) is 5.75 Å². The molecule has 1 N–H and O–H groups in total. The van der Waals surface area contributed by atoms with E-state index in [-0.39, 0.29) is 11.7 Å². The largest absolute Gasteiger partial charge is 0.507 e. The molecule has 0 aliphatic carbocycles. The number of nitrogens with zero attached hydrogens (tertiary/aromatic N) is 2. The first-order valence-corrected chi connectivity index (χ1v) is 6.85. The molecule has 4 heteroatoms. The third-order valence-electron chi connectivity index (χ3n) is 3.68. The van der Waals surface area contributed by atoms with Gasteiger partial charge in [-0.05, 0) is 45.0 Å². The van der Waals surface area contributed by atoms with Gasteiger partial charge in [-0.2, -0.15) is 0 Å². The molecule has 19 heavy (non-hydrogen) atoms. The normalized spacial score (nSPS) is 15.7. The number of carbonyl (C=O) groups excluding carboxylic acids is 1. The number of aromatic hydroxyl groups is 1. The molecule has 1 amide bonds. The van der Waals surface area contributed by atoms with Gasteiger partial charge in [-0.3, -0.25) is 4.79 Å². The molecule has 1 aromatic rings. The molecular formula is C15H22N2O2. The summed E-state index contributed by atoms with van der Waals surface area (Å²) in [6.45, 7) is 5.80. The molecule has 1 aromatic carbocycles. The van der Waals surface area contributed by atoms with Crippen LogP contribution in [0.3, 0.4) is 0 Å². The maximum absolute atomic E-state index is 12.3. The van der Waals surface area contributed by atoms with Crippen LogP contribution >= 0.6 is 0 Å². The standard InChI is InChI=1S/C15H22N2O2/c1-12-5-6-14(18)13(11-12)15(19)16(2)9-10-17-7-3-4-8-17/h5-6,11,18H,3-4,7-10H2,1-2H3. The quantitative estimate of drug-likeness (QED) is 0.901. The molecule has 0 spiro atoms. The molecule has 4 nitrogen and oxygen atoms in total. The number of phenolic OH excluding ortho intramolecular Hbond substituents is 1. The number of rotatable bonds is 4. The monoisotopic (exact) mass is 262 g/mol. The van der Waals surface area contributed by atoms with E-state index in [9.17, 15) is 9.90 Å². The molecule has 1 fully saturated rings. The lowest BCUT2D eigenvalue weighted by molar-refractivity contribution is 0.0779. The van der Waals surface area contributed by atoms with Gasteiger partial charge in [0.05, 0.1) is 5.56 Å². The lowest BCUT2D eigenvalue weighted by atomic mass is 10.1. The fourth-order valence-electron chi connectivity index (χ4n) is 2.43. The summed E-state index contributed by atoms with van der Waals surface area (Å²) < 4.78 is 0. The molecule has 1 aliphatic heterocycles. The first-order valence-electron chi connectivity index (χ1n) is 6.85. The number of carbonyl (C=O) groups is 1. The number of amides is 1. The average molecular weight is 262 g/mol. The van der Waals surface area contributed by atoms with Crippen molar-refractivity contribution in [2.75, 3.05) is 33.2 Å². The van der Waals surface area contributed by atoms with Gasteiger partial charge in [0, 0.05) is 20.1 Å². The Morgan fingerprint density at radius 3 is 2.74 bits per heavy atom. The molecule has 1 saturated heterocycles. The molecule has 0 bridgehead atoms. The van der Waals surface area contributed by atoms with Crippen molar-refractivity contribution in [3.8, 4) is 5.75 Å². The summed E-state index contributed by atoms with van der Waals surface area (Å²) in [5, 5.41) is 9.78. The van der Waals surface area contributed by atoms with E-state index < -0.39 is 0 Å². The van der Waals surface area contributed by atoms with E-state index in [0.29, 0.717) is 12.1 Å². The minimum Gasteiger partial charge on any atom is -0.507 e. The van der Waals surface area contributed by atoms with Crippen LogP contribution in [-0.2, 0) is 0 Å². The Balaban J connectivity index is 1.95. The first-order chi connectivity index (χ1) is 9.08. The molecule has 0 atom stereocenters. The molecule has 1 heterocycles. The summed E-state index contributed by atoms with van der Waals surface area (Å²) >= 11 is 0. The summed E-state index contributed by atoms with van der Waals surface area (Å²) in [7, 11) is 1.79. The number of aryl methyl sites for hydroxylation is 1. The Bertz CT molecular complexity index is 453. The van der Waals surface area contributed by atoms with Gasteiger partial charge in [-0.25, -0.2) is 0 Å². The Kier molecular flexibility index (Phi) is 4.43. The van der Waals surface area contributed by atoms with E-state index in [1.807, 2.05) is 6.92 Å². The molecule has 104 valence electrons. The predicted octanol–water partition coefficient (Wildman–Crippen LogP) is 1.87. The van der Waals surface area contributed by atoms with Crippen molar-refractivity contribution in [1.29, 1.82) is 0 Å². The zero-order valence-electron chi connectivity index (χ0n) is 11.7. The van der Waals surface area contributed by atoms with Crippen LogP contribution < -0.4 is 0 Å². The van der Waals surface area contributed by atoms with Crippen molar-refractivity contribution in [2.45, 2.75) is 19.8 Å². The lowest BCUT2D eigenvalue weighted by Gasteiger charge is -2.22. The number of phenols is 1. The molecule has 0 aromatic heterocycles. The van der Waals surface area contributed by atoms with Gasteiger partial charge in [0.2, 0.25) is 0 Å². The third-order valence-corrected chi connectivity index (χ3v) is 3.68. The maximum Gasteiger partial charge on any atom is 0.257 e.